The van der Waals surface area contributed by atoms with Gasteiger partial charge in [0, 0.05) is 12.7 Å². The minimum atomic E-state index is -0.921. The summed E-state index contributed by atoms with van der Waals surface area (Å²) in [6, 6.07) is 5.60. The minimum Gasteiger partial charge on any atom is -0.496 e. The van der Waals surface area contributed by atoms with Gasteiger partial charge in [-0.1, -0.05) is 46.8 Å². The SMILES string of the molecule is COc1cc([C@H]2NC(=O)N(CCC(=O)O)C=C2C(C)C)ccc1CCC(C)(C)C. The van der Waals surface area contributed by atoms with Crippen molar-refractivity contribution in [3.8, 4) is 5.75 Å². The number of carbonyl (C=O) groups excluding carboxylic acids is 1. The van der Waals surface area contributed by atoms with Crippen molar-refractivity contribution in [3.05, 3.63) is 41.1 Å². The summed E-state index contributed by atoms with van der Waals surface area (Å²) in [5, 5.41) is 12.0. The molecule has 0 radical (unpaired) electrons. The standard InChI is InChI=1S/C23H34N2O4/c1-15(2)18-14-25(12-10-20(26)27)22(28)24-21(18)17-8-7-16(19(13-17)29-6)9-11-23(3,4)5/h7-8,13-15,21H,9-12H2,1-6H3,(H,24,28)(H,26,27)/t21-/m1/s1. The highest BCUT2D eigenvalue weighted by Gasteiger charge is 2.30. The number of nitrogens with one attached hydrogen (secondary N) is 1. The molecule has 1 atom stereocenters. The largest absolute Gasteiger partial charge is 0.496 e. The van der Waals surface area contributed by atoms with Gasteiger partial charge in [-0.15, -0.1) is 0 Å². The summed E-state index contributed by atoms with van der Waals surface area (Å²) in [5.74, 6) is 0.104. The third-order valence-electron chi connectivity index (χ3n) is 5.19. The maximum absolute atomic E-state index is 12.5. The number of methoxy groups -OCH3 is 1. The number of aliphatic carboxylic acids is 1. The van der Waals surface area contributed by atoms with Crippen molar-refractivity contribution < 1.29 is 19.4 Å². The molecule has 1 aliphatic heterocycles. The van der Waals surface area contributed by atoms with Gasteiger partial charge in [0.1, 0.15) is 5.75 Å². The lowest BCUT2D eigenvalue weighted by atomic mass is 9.86. The second kappa shape index (κ2) is 9.33. The molecule has 160 valence electrons. The molecule has 2 rings (SSSR count). The Bertz CT molecular complexity index is 778. The Hall–Kier alpha value is -2.50. The third-order valence-corrected chi connectivity index (χ3v) is 5.19. The lowest BCUT2D eigenvalue weighted by Gasteiger charge is -2.34. The number of carbonyl (C=O) groups is 2. The van der Waals surface area contributed by atoms with E-state index in [2.05, 4.69) is 52.1 Å². The summed E-state index contributed by atoms with van der Waals surface area (Å²) in [5.41, 5.74) is 3.41. The average Bonchev–Trinajstić information content (AvgIpc) is 2.64. The summed E-state index contributed by atoms with van der Waals surface area (Å²) < 4.78 is 5.64. The smallest absolute Gasteiger partial charge is 0.322 e. The lowest BCUT2D eigenvalue weighted by Crippen LogP contribution is -2.45. The number of urea groups is 1. The summed E-state index contributed by atoms with van der Waals surface area (Å²) >= 11 is 0. The number of carboxylic acids is 1. The molecule has 0 aromatic heterocycles. The number of hydrogen-bond acceptors (Lipinski definition) is 3. The van der Waals surface area contributed by atoms with Gasteiger partial charge >= 0.3 is 12.0 Å². The van der Waals surface area contributed by atoms with Crippen LogP contribution in [0.1, 0.15) is 64.6 Å². The van der Waals surface area contributed by atoms with E-state index < -0.39 is 5.97 Å². The quantitative estimate of drug-likeness (QED) is 0.657. The van der Waals surface area contributed by atoms with Crippen LogP contribution in [0.3, 0.4) is 0 Å². The van der Waals surface area contributed by atoms with Crippen LogP contribution in [0.2, 0.25) is 0 Å². The molecule has 6 heteroatoms. The molecule has 0 bridgehead atoms. The van der Waals surface area contributed by atoms with Crippen LogP contribution in [0.15, 0.2) is 30.0 Å². The highest BCUT2D eigenvalue weighted by atomic mass is 16.5. The highest BCUT2D eigenvalue weighted by molar-refractivity contribution is 5.79. The zero-order chi connectivity index (χ0) is 21.8. The maximum atomic E-state index is 12.5. The van der Waals surface area contributed by atoms with Gasteiger partial charge in [-0.3, -0.25) is 4.79 Å². The van der Waals surface area contributed by atoms with Crippen LogP contribution in [0.5, 0.6) is 5.75 Å². The van der Waals surface area contributed by atoms with E-state index >= 15 is 0 Å². The molecule has 1 heterocycles. The second-order valence-corrected chi connectivity index (χ2v) is 9.14. The zero-order valence-corrected chi connectivity index (χ0v) is 18.4. The first kappa shape index (κ1) is 22.8. The molecule has 0 aliphatic carbocycles. The Kier molecular flexibility index (Phi) is 7.33. The number of ether oxygens (including phenoxy) is 1. The monoisotopic (exact) mass is 402 g/mol. The van der Waals surface area contributed by atoms with Crippen molar-refractivity contribution in [1.82, 2.24) is 10.2 Å². The number of nitrogens with zero attached hydrogens (tertiary/aromatic N) is 1. The Labute approximate surface area is 173 Å². The van der Waals surface area contributed by atoms with Gasteiger partial charge < -0.3 is 20.1 Å². The van der Waals surface area contributed by atoms with Crippen LogP contribution in [0.4, 0.5) is 4.79 Å². The number of benzene rings is 1. The minimum absolute atomic E-state index is 0.0870. The Morgan fingerprint density at radius 3 is 2.55 bits per heavy atom. The third kappa shape index (κ3) is 6.24. The van der Waals surface area contributed by atoms with Gasteiger partial charge in [0.05, 0.1) is 19.6 Å². The first-order chi connectivity index (χ1) is 13.5. The zero-order valence-electron chi connectivity index (χ0n) is 18.4. The fourth-order valence-corrected chi connectivity index (χ4v) is 3.40. The van der Waals surface area contributed by atoms with E-state index in [1.807, 2.05) is 6.07 Å². The van der Waals surface area contributed by atoms with Gasteiger partial charge in [-0.05, 0) is 46.9 Å². The summed E-state index contributed by atoms with van der Waals surface area (Å²) in [4.78, 5) is 24.9. The van der Waals surface area contributed by atoms with Crippen LogP contribution >= 0.6 is 0 Å². The number of aryl methyl sites for hydroxylation is 1. The van der Waals surface area contributed by atoms with Crippen molar-refractivity contribution in [3.63, 3.8) is 0 Å². The first-order valence-corrected chi connectivity index (χ1v) is 10.2. The number of rotatable bonds is 8. The van der Waals surface area contributed by atoms with Crippen molar-refractivity contribution in [1.29, 1.82) is 0 Å². The molecule has 6 nitrogen and oxygen atoms in total. The number of hydrogen-bond donors (Lipinski definition) is 2. The van der Waals surface area contributed by atoms with Crippen LogP contribution in [-0.2, 0) is 11.2 Å². The normalized spacial score (nSPS) is 17.2. The molecule has 0 unspecified atom stereocenters. The van der Waals surface area contributed by atoms with Crippen molar-refractivity contribution >= 4 is 12.0 Å². The van der Waals surface area contributed by atoms with Crippen LogP contribution in [0.25, 0.3) is 0 Å². The Morgan fingerprint density at radius 1 is 1.31 bits per heavy atom. The fourth-order valence-electron chi connectivity index (χ4n) is 3.40. The van der Waals surface area contributed by atoms with E-state index in [9.17, 15) is 9.59 Å². The van der Waals surface area contributed by atoms with E-state index in [0.717, 1.165) is 35.3 Å². The van der Waals surface area contributed by atoms with Gasteiger partial charge in [0.15, 0.2) is 0 Å². The first-order valence-electron chi connectivity index (χ1n) is 10.2. The van der Waals surface area contributed by atoms with Crippen molar-refractivity contribution in [2.45, 2.75) is 59.9 Å². The molecule has 2 N–H and O–H groups in total. The van der Waals surface area contributed by atoms with Crippen LogP contribution < -0.4 is 10.1 Å². The molecule has 0 saturated heterocycles. The molecular formula is C23H34N2O4. The molecular weight excluding hydrogens is 368 g/mol. The predicted molar refractivity (Wildman–Crippen MR) is 114 cm³/mol. The summed E-state index contributed by atoms with van der Waals surface area (Å²) in [6.45, 7) is 11.0. The number of carboxylic acid groups (broad SMARTS) is 1. The van der Waals surface area contributed by atoms with Gasteiger partial charge in [-0.2, -0.15) is 0 Å². The van der Waals surface area contributed by atoms with E-state index in [1.54, 1.807) is 13.3 Å². The van der Waals surface area contributed by atoms with E-state index in [4.69, 9.17) is 9.84 Å². The number of amides is 2. The second-order valence-electron chi connectivity index (χ2n) is 9.14. The Morgan fingerprint density at radius 2 is 2.00 bits per heavy atom. The summed E-state index contributed by atoms with van der Waals surface area (Å²) in [7, 11) is 1.67. The van der Waals surface area contributed by atoms with E-state index in [0.29, 0.717) is 0 Å². The topological polar surface area (TPSA) is 78.9 Å². The molecule has 0 spiro atoms. The van der Waals surface area contributed by atoms with Crippen molar-refractivity contribution in [2.75, 3.05) is 13.7 Å². The van der Waals surface area contributed by atoms with Gasteiger partial charge in [0.2, 0.25) is 0 Å². The molecule has 0 saturated carbocycles. The van der Waals surface area contributed by atoms with E-state index in [1.165, 1.54) is 4.90 Å². The van der Waals surface area contributed by atoms with E-state index in [-0.39, 0.29) is 36.4 Å². The van der Waals surface area contributed by atoms with Crippen molar-refractivity contribution in [2.24, 2.45) is 11.3 Å². The Balaban J connectivity index is 2.30. The lowest BCUT2D eigenvalue weighted by molar-refractivity contribution is -0.137. The van der Waals surface area contributed by atoms with Gasteiger partial charge in [0.25, 0.3) is 0 Å². The molecule has 1 aromatic carbocycles. The fraction of sp³-hybridized carbons (Fsp3) is 0.565. The average molecular weight is 403 g/mol. The van der Waals surface area contributed by atoms with Crippen LogP contribution in [-0.4, -0.2) is 35.7 Å². The predicted octanol–water partition coefficient (Wildman–Crippen LogP) is 4.75. The van der Waals surface area contributed by atoms with Crippen LogP contribution in [0, 0.1) is 11.3 Å². The van der Waals surface area contributed by atoms with Gasteiger partial charge in [-0.25, -0.2) is 4.79 Å². The molecule has 1 aliphatic rings. The maximum Gasteiger partial charge on any atom is 0.322 e. The molecule has 29 heavy (non-hydrogen) atoms. The molecule has 2 amide bonds. The molecule has 1 aromatic rings. The molecule has 0 fully saturated rings. The summed E-state index contributed by atoms with van der Waals surface area (Å²) in [6.07, 6.45) is 3.70. The highest BCUT2D eigenvalue weighted by Crippen LogP contribution is 2.35.